The summed E-state index contributed by atoms with van der Waals surface area (Å²) >= 11 is 2.46. The molecular formula is C26H30ClI. The summed E-state index contributed by atoms with van der Waals surface area (Å²) in [5, 5.41) is 0. The molecule has 0 radical (unpaired) electrons. The third-order valence-corrected chi connectivity index (χ3v) is 6.01. The van der Waals surface area contributed by atoms with Gasteiger partial charge in [0.25, 0.3) is 0 Å². The van der Waals surface area contributed by atoms with Crippen LogP contribution in [0.2, 0.25) is 0 Å². The average molecular weight is 505 g/mol. The van der Waals surface area contributed by atoms with E-state index in [0.29, 0.717) is 0 Å². The number of hydrogen-bond donors (Lipinski definition) is 0. The molecule has 0 aliphatic heterocycles. The standard InChI is InChI=1S/C26H29I.ClH/c1-25(2,3)20-14-10-18(11-15-20)22-8-7-9-23(27)24(22)19-12-16-21(17-13-19)26(4,5)6;/h7-17H,1-6H3;1H. The highest BCUT2D eigenvalue weighted by molar-refractivity contribution is 14.1. The molecule has 2 heteroatoms. The Morgan fingerprint density at radius 2 is 1.00 bits per heavy atom. The van der Waals surface area contributed by atoms with E-state index >= 15 is 0 Å². The first-order valence-electron chi connectivity index (χ1n) is 9.58. The van der Waals surface area contributed by atoms with E-state index in [1.807, 2.05) is 0 Å². The third kappa shape index (κ3) is 4.99. The van der Waals surface area contributed by atoms with Gasteiger partial charge in [0, 0.05) is 9.13 Å². The van der Waals surface area contributed by atoms with Gasteiger partial charge in [0.1, 0.15) is 0 Å². The first kappa shape index (κ1) is 23.0. The fourth-order valence-corrected chi connectivity index (χ4v) is 4.15. The maximum Gasteiger partial charge on any atom is 0.0215 e. The van der Waals surface area contributed by atoms with Crippen LogP contribution in [0.4, 0.5) is 0 Å². The van der Waals surface area contributed by atoms with E-state index in [9.17, 15) is 0 Å². The monoisotopic (exact) mass is 504 g/mol. The Bertz CT molecular complexity index is 924. The van der Waals surface area contributed by atoms with Crippen molar-refractivity contribution in [1.29, 1.82) is 0 Å². The molecule has 0 spiro atoms. The first-order valence-corrected chi connectivity index (χ1v) is 10.7. The summed E-state index contributed by atoms with van der Waals surface area (Å²) in [4.78, 5) is 0. The highest BCUT2D eigenvalue weighted by Gasteiger charge is 2.17. The summed E-state index contributed by atoms with van der Waals surface area (Å²) < 4.78 is 1.29. The van der Waals surface area contributed by atoms with Gasteiger partial charge in [0.15, 0.2) is 0 Å². The normalized spacial score (nSPS) is 11.8. The van der Waals surface area contributed by atoms with Gasteiger partial charge in [-0.05, 0) is 67.3 Å². The topological polar surface area (TPSA) is 0 Å². The predicted molar refractivity (Wildman–Crippen MR) is 135 cm³/mol. The molecule has 0 nitrogen and oxygen atoms in total. The Balaban J connectivity index is 0.00000280. The molecule has 0 saturated heterocycles. The lowest BCUT2D eigenvalue weighted by Gasteiger charge is -2.21. The maximum absolute atomic E-state index is 2.46. The molecule has 0 saturated carbocycles. The van der Waals surface area contributed by atoms with Crippen LogP contribution in [0, 0.1) is 3.57 Å². The van der Waals surface area contributed by atoms with E-state index in [-0.39, 0.29) is 23.2 Å². The summed E-state index contributed by atoms with van der Waals surface area (Å²) in [6.07, 6.45) is 0. The van der Waals surface area contributed by atoms with E-state index in [1.54, 1.807) is 0 Å². The van der Waals surface area contributed by atoms with E-state index in [0.717, 1.165) is 0 Å². The minimum Gasteiger partial charge on any atom is -0.147 e. The van der Waals surface area contributed by atoms with Gasteiger partial charge in [0.05, 0.1) is 0 Å². The average Bonchev–Trinajstić information content (AvgIpc) is 2.60. The van der Waals surface area contributed by atoms with Gasteiger partial charge in [-0.25, -0.2) is 0 Å². The molecule has 0 amide bonds. The van der Waals surface area contributed by atoms with Gasteiger partial charge in [-0.2, -0.15) is 0 Å². The molecular weight excluding hydrogens is 475 g/mol. The molecule has 0 fully saturated rings. The van der Waals surface area contributed by atoms with E-state index in [4.69, 9.17) is 0 Å². The second kappa shape index (κ2) is 8.59. The Kier molecular flexibility index (Phi) is 7.04. The molecule has 0 aliphatic carbocycles. The molecule has 0 aromatic heterocycles. The molecule has 3 aromatic rings. The van der Waals surface area contributed by atoms with Gasteiger partial charge < -0.3 is 0 Å². The van der Waals surface area contributed by atoms with Crippen molar-refractivity contribution in [3.05, 3.63) is 81.4 Å². The van der Waals surface area contributed by atoms with Gasteiger partial charge in [-0.1, -0.05) is 102 Å². The summed E-state index contributed by atoms with van der Waals surface area (Å²) in [5.74, 6) is 0. The fraction of sp³-hybridized carbons (Fsp3) is 0.308. The zero-order valence-corrected chi connectivity index (χ0v) is 20.6. The smallest absolute Gasteiger partial charge is 0.0215 e. The Labute approximate surface area is 190 Å². The van der Waals surface area contributed by atoms with Crippen LogP contribution in [0.1, 0.15) is 52.7 Å². The second-order valence-electron chi connectivity index (χ2n) is 9.32. The third-order valence-electron chi connectivity index (χ3n) is 5.12. The number of rotatable bonds is 2. The molecule has 0 unspecified atom stereocenters. The summed E-state index contributed by atoms with van der Waals surface area (Å²) in [5.41, 5.74) is 8.26. The first-order chi connectivity index (χ1) is 12.6. The highest BCUT2D eigenvalue weighted by atomic mass is 127. The highest BCUT2D eigenvalue weighted by Crippen LogP contribution is 2.37. The second-order valence-corrected chi connectivity index (χ2v) is 10.5. The minimum atomic E-state index is 0. The van der Waals surface area contributed by atoms with Crippen molar-refractivity contribution in [2.75, 3.05) is 0 Å². The molecule has 28 heavy (non-hydrogen) atoms. The van der Waals surface area contributed by atoms with Crippen LogP contribution < -0.4 is 0 Å². The van der Waals surface area contributed by atoms with Crippen LogP contribution >= 0.6 is 35.0 Å². The van der Waals surface area contributed by atoms with Crippen LogP contribution in [-0.4, -0.2) is 0 Å². The van der Waals surface area contributed by atoms with Crippen LogP contribution in [0.5, 0.6) is 0 Å². The molecule has 3 aromatic carbocycles. The largest absolute Gasteiger partial charge is 0.147 e. The Hall–Kier alpha value is -1.32. The molecule has 0 bridgehead atoms. The van der Waals surface area contributed by atoms with E-state index in [2.05, 4.69) is 131 Å². The molecule has 0 heterocycles. The molecule has 0 aliphatic rings. The minimum absolute atomic E-state index is 0. The summed E-state index contributed by atoms with van der Waals surface area (Å²) in [6, 6.07) is 24.7. The van der Waals surface area contributed by atoms with Crippen LogP contribution in [0.3, 0.4) is 0 Å². The lowest BCUT2D eigenvalue weighted by molar-refractivity contribution is 0.590. The van der Waals surface area contributed by atoms with Crippen LogP contribution in [0.15, 0.2) is 66.7 Å². The zero-order chi connectivity index (χ0) is 19.8. The van der Waals surface area contributed by atoms with Gasteiger partial charge in [-0.15, -0.1) is 12.4 Å². The maximum atomic E-state index is 2.46. The van der Waals surface area contributed by atoms with E-state index in [1.165, 1.54) is 37.0 Å². The Morgan fingerprint density at radius 1 is 0.571 bits per heavy atom. The SMILES string of the molecule is CC(C)(C)c1ccc(-c2cccc(I)c2-c2ccc(C(C)(C)C)cc2)cc1.Cl. The number of halogens is 2. The van der Waals surface area contributed by atoms with E-state index < -0.39 is 0 Å². The van der Waals surface area contributed by atoms with Gasteiger partial charge >= 0.3 is 0 Å². The molecule has 3 rings (SSSR count). The number of hydrogen-bond acceptors (Lipinski definition) is 0. The molecule has 0 atom stereocenters. The van der Waals surface area contributed by atoms with Crippen LogP contribution in [-0.2, 0) is 10.8 Å². The van der Waals surface area contributed by atoms with Crippen LogP contribution in [0.25, 0.3) is 22.3 Å². The van der Waals surface area contributed by atoms with Gasteiger partial charge in [0.2, 0.25) is 0 Å². The lowest BCUT2D eigenvalue weighted by Crippen LogP contribution is -2.10. The quantitative estimate of drug-likeness (QED) is 0.306. The van der Waals surface area contributed by atoms with Crippen molar-refractivity contribution in [3.63, 3.8) is 0 Å². The zero-order valence-electron chi connectivity index (χ0n) is 17.6. The number of benzene rings is 3. The van der Waals surface area contributed by atoms with Crippen molar-refractivity contribution in [2.45, 2.75) is 52.4 Å². The van der Waals surface area contributed by atoms with Crippen molar-refractivity contribution in [1.82, 2.24) is 0 Å². The molecule has 148 valence electrons. The summed E-state index contributed by atoms with van der Waals surface area (Å²) in [7, 11) is 0. The summed E-state index contributed by atoms with van der Waals surface area (Å²) in [6.45, 7) is 13.6. The van der Waals surface area contributed by atoms with Crippen molar-refractivity contribution in [2.24, 2.45) is 0 Å². The Morgan fingerprint density at radius 3 is 1.43 bits per heavy atom. The van der Waals surface area contributed by atoms with Crippen molar-refractivity contribution >= 4 is 35.0 Å². The van der Waals surface area contributed by atoms with Gasteiger partial charge in [-0.3, -0.25) is 0 Å². The van der Waals surface area contributed by atoms with Crippen molar-refractivity contribution < 1.29 is 0 Å². The lowest BCUT2D eigenvalue weighted by atomic mass is 9.84. The van der Waals surface area contributed by atoms with Crippen molar-refractivity contribution in [3.8, 4) is 22.3 Å². The predicted octanol–water partition coefficient (Wildman–Crippen LogP) is 8.64. The molecule has 0 N–H and O–H groups in total. The fourth-order valence-electron chi connectivity index (χ4n) is 3.34.